The summed E-state index contributed by atoms with van der Waals surface area (Å²) in [7, 11) is 0. The van der Waals surface area contributed by atoms with E-state index in [1.54, 1.807) is 0 Å². The first kappa shape index (κ1) is 34.5. The number of para-hydroxylation sites is 2. The van der Waals surface area contributed by atoms with E-state index in [9.17, 15) is 0 Å². The van der Waals surface area contributed by atoms with Crippen molar-refractivity contribution in [3.05, 3.63) is 200 Å². The Morgan fingerprint density at radius 1 is 0.274 bits per heavy atom. The van der Waals surface area contributed by atoms with Crippen LogP contribution >= 0.6 is 0 Å². The number of rotatable bonds is 5. The van der Waals surface area contributed by atoms with Crippen LogP contribution in [0.1, 0.15) is 0 Å². The van der Waals surface area contributed by atoms with E-state index in [0.717, 1.165) is 104 Å². The van der Waals surface area contributed by atoms with Crippen LogP contribution in [-0.4, -0.2) is 15.0 Å². The van der Waals surface area contributed by atoms with Crippen LogP contribution in [0.15, 0.2) is 209 Å². The molecule has 0 N–H and O–H groups in total. The van der Waals surface area contributed by atoms with E-state index in [0.29, 0.717) is 17.5 Å². The molecule has 0 radical (unpaired) electrons. The van der Waals surface area contributed by atoms with Crippen LogP contribution in [-0.2, 0) is 0 Å². The van der Waals surface area contributed by atoms with Gasteiger partial charge in [0.25, 0.3) is 0 Å². The van der Waals surface area contributed by atoms with Crippen molar-refractivity contribution in [1.82, 2.24) is 15.0 Å². The molecule has 5 nitrogen and oxygen atoms in total. The Hall–Kier alpha value is -8.41. The van der Waals surface area contributed by atoms with Gasteiger partial charge >= 0.3 is 0 Å². The van der Waals surface area contributed by atoms with Gasteiger partial charge in [0.1, 0.15) is 22.3 Å². The predicted octanol–water partition coefficient (Wildman–Crippen LogP) is 15.5. The van der Waals surface area contributed by atoms with Crippen molar-refractivity contribution in [3.8, 4) is 56.4 Å². The van der Waals surface area contributed by atoms with Gasteiger partial charge in [-0.2, -0.15) is 0 Å². The minimum absolute atomic E-state index is 0.571. The van der Waals surface area contributed by atoms with Crippen LogP contribution in [0.2, 0.25) is 0 Å². The summed E-state index contributed by atoms with van der Waals surface area (Å²) < 4.78 is 13.2. The number of benzene rings is 10. The van der Waals surface area contributed by atoms with Crippen molar-refractivity contribution in [2.24, 2.45) is 0 Å². The zero-order valence-electron chi connectivity index (χ0n) is 33.2. The number of nitrogens with zero attached hydrogens (tertiary/aromatic N) is 3. The van der Waals surface area contributed by atoms with E-state index >= 15 is 0 Å². The molecule has 10 aromatic carbocycles. The number of hydrogen-bond acceptors (Lipinski definition) is 5. The van der Waals surface area contributed by atoms with Crippen molar-refractivity contribution in [2.45, 2.75) is 0 Å². The molecule has 0 saturated carbocycles. The maximum Gasteiger partial charge on any atom is 0.164 e. The third-order valence-electron chi connectivity index (χ3n) is 12.3. The summed E-state index contributed by atoms with van der Waals surface area (Å²) in [5.74, 6) is 1.73. The van der Waals surface area contributed by atoms with E-state index in [4.69, 9.17) is 23.8 Å². The van der Waals surface area contributed by atoms with Crippen molar-refractivity contribution in [2.75, 3.05) is 0 Å². The van der Waals surface area contributed by atoms with E-state index in [1.165, 1.54) is 10.9 Å². The summed E-state index contributed by atoms with van der Waals surface area (Å²) in [6.07, 6.45) is 0. The quantitative estimate of drug-likeness (QED) is 0.174. The molecule has 13 aromatic rings. The lowest BCUT2D eigenvalue weighted by Crippen LogP contribution is -2.01. The standard InChI is InChI=1S/C57H33N3O2/c1-2-13-34(14-3-1)37-27-28-42-39(29-37)18-10-23-45(42)56-58-55(59-57(60-56)47-24-12-26-51-53(47)46-20-8-9-25-50(46)61-51)40-30-38-17-6-7-19-41(38)48(32-40)43-21-11-22-44-49-31-35-15-4-5-16-36(35)33-52(49)62-54(43)44/h1-33H. The molecule has 0 saturated heterocycles. The lowest BCUT2D eigenvalue weighted by atomic mass is 9.94. The molecule has 0 spiro atoms. The SMILES string of the molecule is c1ccc(-c2ccc3c(-c4nc(-c5cc(-c6cccc7c6oc6cc8ccccc8cc67)c6ccccc6c5)nc(-c5cccc6oc7ccccc7c56)n4)cccc3c2)cc1. The molecule has 3 heterocycles. The van der Waals surface area contributed by atoms with Gasteiger partial charge in [-0.15, -0.1) is 0 Å². The number of hydrogen-bond donors (Lipinski definition) is 0. The van der Waals surface area contributed by atoms with Gasteiger partial charge in [0, 0.05) is 43.8 Å². The highest BCUT2D eigenvalue weighted by Gasteiger charge is 2.21. The lowest BCUT2D eigenvalue weighted by Gasteiger charge is -2.14. The van der Waals surface area contributed by atoms with E-state index in [-0.39, 0.29) is 0 Å². The summed E-state index contributed by atoms with van der Waals surface area (Å²) in [6.45, 7) is 0. The Bertz CT molecular complexity index is 3940. The summed E-state index contributed by atoms with van der Waals surface area (Å²) in [6, 6.07) is 69.9. The van der Waals surface area contributed by atoms with Gasteiger partial charge in [-0.05, 0) is 91.5 Å². The molecule has 0 unspecified atom stereocenters. The van der Waals surface area contributed by atoms with Crippen molar-refractivity contribution >= 4 is 76.2 Å². The molecule has 62 heavy (non-hydrogen) atoms. The molecule has 0 aliphatic heterocycles. The highest BCUT2D eigenvalue weighted by molar-refractivity contribution is 6.16. The molecular weight excluding hydrogens is 759 g/mol. The molecule has 0 aliphatic carbocycles. The van der Waals surface area contributed by atoms with Gasteiger partial charge in [0.15, 0.2) is 17.5 Å². The van der Waals surface area contributed by atoms with Gasteiger partial charge in [-0.25, -0.2) is 15.0 Å². The third-order valence-corrected chi connectivity index (χ3v) is 12.3. The fourth-order valence-corrected chi connectivity index (χ4v) is 9.35. The van der Waals surface area contributed by atoms with Crippen LogP contribution in [0.3, 0.4) is 0 Å². The first-order chi connectivity index (χ1) is 30.7. The monoisotopic (exact) mass is 791 g/mol. The van der Waals surface area contributed by atoms with Gasteiger partial charge in [-0.3, -0.25) is 0 Å². The van der Waals surface area contributed by atoms with Crippen molar-refractivity contribution in [3.63, 3.8) is 0 Å². The summed E-state index contributed by atoms with van der Waals surface area (Å²) in [4.78, 5) is 16.0. The number of aromatic nitrogens is 3. The average molecular weight is 792 g/mol. The molecule has 0 aliphatic rings. The molecular formula is C57H33N3O2. The van der Waals surface area contributed by atoms with Gasteiger partial charge < -0.3 is 8.83 Å². The Labute approximate surface area is 355 Å². The van der Waals surface area contributed by atoms with Gasteiger partial charge in [-0.1, -0.05) is 158 Å². The van der Waals surface area contributed by atoms with E-state index in [1.807, 2.05) is 36.4 Å². The first-order valence-corrected chi connectivity index (χ1v) is 20.8. The summed E-state index contributed by atoms with van der Waals surface area (Å²) in [5, 5.41) is 10.8. The molecule has 13 rings (SSSR count). The van der Waals surface area contributed by atoms with Crippen LogP contribution < -0.4 is 0 Å². The Morgan fingerprint density at radius 2 is 0.871 bits per heavy atom. The second-order valence-electron chi connectivity index (χ2n) is 15.9. The maximum absolute atomic E-state index is 6.79. The summed E-state index contributed by atoms with van der Waals surface area (Å²) >= 11 is 0. The number of fused-ring (bicyclic) bond motifs is 9. The van der Waals surface area contributed by atoms with Gasteiger partial charge in [0.2, 0.25) is 0 Å². The molecule has 5 heteroatoms. The van der Waals surface area contributed by atoms with Crippen LogP contribution in [0.5, 0.6) is 0 Å². The Kier molecular flexibility index (Phi) is 7.54. The van der Waals surface area contributed by atoms with Crippen LogP contribution in [0.25, 0.3) is 133 Å². The fourth-order valence-electron chi connectivity index (χ4n) is 9.35. The average Bonchev–Trinajstić information content (AvgIpc) is 3.91. The van der Waals surface area contributed by atoms with Crippen molar-refractivity contribution in [1.29, 1.82) is 0 Å². The Balaban J connectivity index is 1.06. The number of furan rings is 2. The molecule has 0 bridgehead atoms. The molecule has 3 aromatic heterocycles. The lowest BCUT2D eigenvalue weighted by molar-refractivity contribution is 0.669. The molecule has 0 atom stereocenters. The summed E-state index contributed by atoms with van der Waals surface area (Å²) in [5.41, 5.74) is 10.4. The molecule has 288 valence electrons. The normalized spacial score (nSPS) is 11.9. The van der Waals surface area contributed by atoms with E-state index in [2.05, 4.69) is 164 Å². The minimum Gasteiger partial charge on any atom is -0.456 e. The van der Waals surface area contributed by atoms with Crippen molar-refractivity contribution < 1.29 is 8.83 Å². The zero-order valence-corrected chi connectivity index (χ0v) is 33.2. The third kappa shape index (κ3) is 5.45. The largest absolute Gasteiger partial charge is 0.456 e. The highest BCUT2D eigenvalue weighted by Crippen LogP contribution is 2.43. The van der Waals surface area contributed by atoms with Crippen LogP contribution in [0, 0.1) is 0 Å². The zero-order chi connectivity index (χ0) is 40.7. The van der Waals surface area contributed by atoms with Crippen LogP contribution in [0.4, 0.5) is 0 Å². The second-order valence-corrected chi connectivity index (χ2v) is 15.9. The molecule has 0 amide bonds. The maximum atomic E-state index is 6.79. The molecule has 0 fully saturated rings. The Morgan fingerprint density at radius 3 is 1.74 bits per heavy atom. The first-order valence-electron chi connectivity index (χ1n) is 20.8. The highest BCUT2D eigenvalue weighted by atomic mass is 16.3. The smallest absolute Gasteiger partial charge is 0.164 e. The minimum atomic E-state index is 0.571. The second kappa shape index (κ2) is 13.6. The predicted molar refractivity (Wildman–Crippen MR) is 254 cm³/mol. The van der Waals surface area contributed by atoms with E-state index < -0.39 is 0 Å². The fraction of sp³-hybridized carbons (Fsp3) is 0. The van der Waals surface area contributed by atoms with Gasteiger partial charge in [0.05, 0.1) is 0 Å². The topological polar surface area (TPSA) is 65.0 Å².